The third-order valence-corrected chi connectivity index (χ3v) is 5.45. The molecule has 1 atom stereocenters. The zero-order chi connectivity index (χ0) is 14.6. The van der Waals surface area contributed by atoms with Gasteiger partial charge >= 0.3 is 0 Å². The van der Waals surface area contributed by atoms with Crippen molar-refractivity contribution in [3.8, 4) is 0 Å². The standard InChI is InChI=1S/C15H23NO3S/c1-12-7-9-14(10-8-12)20(18,19)16-11-15(17)13-5-3-2-4-6-13/h7-10,13,15-17H,2-6,11H2,1H3. The predicted octanol–water partition coefficient (Wildman–Crippen LogP) is 2.21. The van der Waals surface area contributed by atoms with Crippen LogP contribution in [0, 0.1) is 12.8 Å². The molecule has 1 fully saturated rings. The van der Waals surface area contributed by atoms with Crippen molar-refractivity contribution in [3.05, 3.63) is 29.8 Å². The summed E-state index contributed by atoms with van der Waals surface area (Å²) < 4.78 is 26.7. The molecule has 0 radical (unpaired) electrons. The Kier molecular flexibility index (Phi) is 5.18. The van der Waals surface area contributed by atoms with Gasteiger partial charge in [-0.05, 0) is 37.8 Å². The molecule has 0 amide bonds. The normalized spacial score (nSPS) is 18.9. The van der Waals surface area contributed by atoms with E-state index in [0.717, 1.165) is 31.2 Å². The van der Waals surface area contributed by atoms with E-state index in [1.54, 1.807) is 24.3 Å². The summed E-state index contributed by atoms with van der Waals surface area (Å²) in [6.07, 6.45) is 4.88. The minimum Gasteiger partial charge on any atom is -0.391 e. The summed E-state index contributed by atoms with van der Waals surface area (Å²) in [5.74, 6) is 0.226. The Labute approximate surface area is 121 Å². The smallest absolute Gasteiger partial charge is 0.240 e. The number of nitrogens with one attached hydrogen (secondary N) is 1. The highest BCUT2D eigenvalue weighted by Crippen LogP contribution is 2.26. The van der Waals surface area contributed by atoms with Gasteiger partial charge in [0.25, 0.3) is 0 Å². The van der Waals surface area contributed by atoms with Crippen LogP contribution >= 0.6 is 0 Å². The SMILES string of the molecule is Cc1ccc(S(=O)(=O)NCC(O)C2CCCCC2)cc1. The molecule has 1 unspecified atom stereocenters. The Bertz CT molecular complexity index is 519. The fraction of sp³-hybridized carbons (Fsp3) is 0.600. The number of sulfonamides is 1. The number of aliphatic hydroxyl groups is 1. The largest absolute Gasteiger partial charge is 0.391 e. The molecule has 0 heterocycles. The van der Waals surface area contributed by atoms with Crippen molar-refractivity contribution in [1.29, 1.82) is 0 Å². The van der Waals surface area contributed by atoms with E-state index in [2.05, 4.69) is 4.72 Å². The highest BCUT2D eigenvalue weighted by atomic mass is 32.2. The molecule has 1 saturated carbocycles. The van der Waals surface area contributed by atoms with Gasteiger partial charge < -0.3 is 5.11 Å². The third kappa shape index (κ3) is 4.04. The van der Waals surface area contributed by atoms with Crippen molar-refractivity contribution in [1.82, 2.24) is 4.72 Å². The maximum Gasteiger partial charge on any atom is 0.240 e. The molecule has 2 N–H and O–H groups in total. The summed E-state index contributed by atoms with van der Waals surface area (Å²) in [5.41, 5.74) is 1.02. The van der Waals surface area contributed by atoms with Crippen LogP contribution in [0.3, 0.4) is 0 Å². The van der Waals surface area contributed by atoms with Crippen molar-refractivity contribution in [2.75, 3.05) is 6.54 Å². The number of hydrogen-bond donors (Lipinski definition) is 2. The number of hydrogen-bond acceptors (Lipinski definition) is 3. The molecule has 4 nitrogen and oxygen atoms in total. The molecule has 0 spiro atoms. The number of rotatable bonds is 5. The molecule has 1 aliphatic carbocycles. The van der Waals surface area contributed by atoms with Gasteiger partial charge in [0.05, 0.1) is 11.0 Å². The van der Waals surface area contributed by atoms with E-state index in [1.165, 1.54) is 6.42 Å². The topological polar surface area (TPSA) is 66.4 Å². The average molecular weight is 297 g/mol. The van der Waals surface area contributed by atoms with Gasteiger partial charge in [0.2, 0.25) is 10.0 Å². The van der Waals surface area contributed by atoms with Crippen molar-refractivity contribution >= 4 is 10.0 Å². The summed E-state index contributed by atoms with van der Waals surface area (Å²) in [5, 5.41) is 10.1. The zero-order valence-electron chi connectivity index (χ0n) is 11.9. The summed E-state index contributed by atoms with van der Waals surface area (Å²) >= 11 is 0. The van der Waals surface area contributed by atoms with Gasteiger partial charge in [0.15, 0.2) is 0 Å². The maximum absolute atomic E-state index is 12.1. The molecule has 112 valence electrons. The quantitative estimate of drug-likeness (QED) is 0.875. The molecule has 20 heavy (non-hydrogen) atoms. The second-order valence-electron chi connectivity index (χ2n) is 5.63. The second-order valence-corrected chi connectivity index (χ2v) is 7.40. The molecule has 1 aliphatic rings. The van der Waals surface area contributed by atoms with Crippen LogP contribution in [0.15, 0.2) is 29.2 Å². The molecular formula is C15H23NO3S. The Balaban J connectivity index is 1.93. The molecular weight excluding hydrogens is 274 g/mol. The zero-order valence-corrected chi connectivity index (χ0v) is 12.7. The number of aliphatic hydroxyl groups excluding tert-OH is 1. The Morgan fingerprint density at radius 2 is 1.80 bits per heavy atom. The number of benzene rings is 1. The van der Waals surface area contributed by atoms with Gasteiger partial charge in [-0.3, -0.25) is 0 Å². The van der Waals surface area contributed by atoms with Crippen molar-refractivity contribution in [3.63, 3.8) is 0 Å². The van der Waals surface area contributed by atoms with Gasteiger partial charge in [-0.15, -0.1) is 0 Å². The van der Waals surface area contributed by atoms with Crippen molar-refractivity contribution in [2.45, 2.75) is 50.0 Å². The molecule has 0 bridgehead atoms. The van der Waals surface area contributed by atoms with Gasteiger partial charge in [-0.25, -0.2) is 13.1 Å². The lowest BCUT2D eigenvalue weighted by atomic mass is 9.85. The van der Waals surface area contributed by atoms with E-state index >= 15 is 0 Å². The van der Waals surface area contributed by atoms with Crippen LogP contribution in [0.1, 0.15) is 37.7 Å². The van der Waals surface area contributed by atoms with E-state index in [9.17, 15) is 13.5 Å². The Morgan fingerprint density at radius 1 is 1.20 bits per heavy atom. The van der Waals surface area contributed by atoms with Gasteiger partial charge in [0, 0.05) is 6.54 Å². The maximum atomic E-state index is 12.1. The molecule has 0 aromatic heterocycles. The highest BCUT2D eigenvalue weighted by Gasteiger charge is 2.23. The summed E-state index contributed by atoms with van der Waals surface area (Å²) in [7, 11) is -3.52. The van der Waals surface area contributed by atoms with Crippen molar-refractivity contribution in [2.24, 2.45) is 5.92 Å². The van der Waals surface area contributed by atoms with Crippen LogP contribution in [-0.2, 0) is 10.0 Å². The van der Waals surface area contributed by atoms with Crippen LogP contribution in [0.5, 0.6) is 0 Å². The van der Waals surface area contributed by atoms with Crippen LogP contribution in [-0.4, -0.2) is 26.2 Å². The molecule has 1 aromatic rings. The minimum absolute atomic E-state index is 0.0981. The lowest BCUT2D eigenvalue weighted by Gasteiger charge is -2.26. The van der Waals surface area contributed by atoms with Gasteiger partial charge in [-0.1, -0.05) is 37.0 Å². The van der Waals surface area contributed by atoms with Gasteiger partial charge in [-0.2, -0.15) is 0 Å². The Morgan fingerprint density at radius 3 is 2.40 bits per heavy atom. The van der Waals surface area contributed by atoms with E-state index in [0.29, 0.717) is 0 Å². The lowest BCUT2D eigenvalue weighted by Crippen LogP contribution is -2.37. The van der Waals surface area contributed by atoms with E-state index in [4.69, 9.17) is 0 Å². The monoisotopic (exact) mass is 297 g/mol. The molecule has 5 heteroatoms. The molecule has 1 aromatic carbocycles. The fourth-order valence-corrected chi connectivity index (χ4v) is 3.73. The first-order valence-electron chi connectivity index (χ1n) is 7.23. The lowest BCUT2D eigenvalue weighted by molar-refractivity contribution is 0.0888. The Hall–Kier alpha value is -0.910. The second kappa shape index (κ2) is 6.70. The molecule has 2 rings (SSSR count). The van der Waals surface area contributed by atoms with Crippen molar-refractivity contribution < 1.29 is 13.5 Å². The summed E-state index contributed by atoms with van der Waals surface area (Å²) in [6.45, 7) is 2.01. The molecule has 0 aliphatic heterocycles. The predicted molar refractivity (Wildman–Crippen MR) is 78.9 cm³/mol. The van der Waals surface area contributed by atoms with Crippen LogP contribution in [0.25, 0.3) is 0 Å². The summed E-state index contributed by atoms with van der Waals surface area (Å²) in [6, 6.07) is 6.72. The molecule has 0 saturated heterocycles. The van der Waals surface area contributed by atoms with Crippen LogP contribution in [0.4, 0.5) is 0 Å². The highest BCUT2D eigenvalue weighted by molar-refractivity contribution is 7.89. The first-order valence-corrected chi connectivity index (χ1v) is 8.72. The first kappa shape index (κ1) is 15.5. The summed E-state index contributed by atoms with van der Waals surface area (Å²) in [4.78, 5) is 0.249. The van der Waals surface area contributed by atoms with Crippen LogP contribution < -0.4 is 4.72 Å². The minimum atomic E-state index is -3.52. The average Bonchev–Trinajstić information content (AvgIpc) is 2.46. The van der Waals surface area contributed by atoms with E-state index in [-0.39, 0.29) is 17.4 Å². The number of aryl methyl sites for hydroxylation is 1. The van der Waals surface area contributed by atoms with Gasteiger partial charge in [0.1, 0.15) is 0 Å². The fourth-order valence-electron chi connectivity index (χ4n) is 2.68. The van der Waals surface area contributed by atoms with E-state index in [1.807, 2.05) is 6.92 Å². The van der Waals surface area contributed by atoms with Crippen LogP contribution in [0.2, 0.25) is 0 Å². The third-order valence-electron chi connectivity index (χ3n) is 4.01. The first-order chi connectivity index (χ1) is 9.49. The van der Waals surface area contributed by atoms with E-state index < -0.39 is 16.1 Å².